The molecule has 78 valence electrons. The Labute approximate surface area is 92.0 Å². The van der Waals surface area contributed by atoms with Crippen molar-refractivity contribution < 1.29 is 0 Å². The molecule has 0 saturated heterocycles. The van der Waals surface area contributed by atoms with Gasteiger partial charge in [0, 0.05) is 6.20 Å². The van der Waals surface area contributed by atoms with E-state index in [1.54, 1.807) is 10.8 Å². The fraction of sp³-hybridized carbons (Fsp3) is 0.222. The van der Waals surface area contributed by atoms with Gasteiger partial charge in [0.25, 0.3) is 0 Å². The van der Waals surface area contributed by atoms with Gasteiger partial charge in [0.1, 0.15) is 0 Å². The van der Waals surface area contributed by atoms with Gasteiger partial charge < -0.3 is 5.73 Å². The number of nitrogens with two attached hydrogens (primary N) is 1. The van der Waals surface area contributed by atoms with Crippen LogP contribution in [-0.4, -0.2) is 19.7 Å². The lowest BCUT2D eigenvalue weighted by Crippen LogP contribution is -2.07. The molecule has 0 unspecified atom stereocenters. The average molecular weight is 221 g/mol. The Morgan fingerprint density at radius 2 is 2.40 bits per heavy atom. The number of nitrogens with zero attached hydrogens (tertiary/aromatic N) is 3. The average Bonchev–Trinajstić information content (AvgIpc) is 2.53. The van der Waals surface area contributed by atoms with Crippen LogP contribution in [0, 0.1) is 11.7 Å². The van der Waals surface area contributed by atoms with Crippen molar-refractivity contribution in [2.75, 3.05) is 5.73 Å². The number of aromatic amines is 1. The maximum absolute atomic E-state index is 5.67. The van der Waals surface area contributed by atoms with Gasteiger partial charge in [-0.1, -0.05) is 6.07 Å². The van der Waals surface area contributed by atoms with Crippen LogP contribution < -0.4 is 5.73 Å². The molecule has 6 heteroatoms. The molecule has 2 rings (SSSR count). The molecule has 0 radical (unpaired) electrons. The highest BCUT2D eigenvalue weighted by Crippen LogP contribution is 2.08. The third-order valence-electron chi connectivity index (χ3n) is 2.21. The van der Waals surface area contributed by atoms with E-state index in [9.17, 15) is 0 Å². The Morgan fingerprint density at radius 1 is 1.60 bits per heavy atom. The van der Waals surface area contributed by atoms with Crippen molar-refractivity contribution in [3.63, 3.8) is 0 Å². The zero-order valence-electron chi connectivity index (χ0n) is 8.27. The smallest absolute Gasteiger partial charge is 0.220 e. The van der Waals surface area contributed by atoms with Crippen LogP contribution in [0.25, 0.3) is 0 Å². The number of pyridine rings is 1. The van der Waals surface area contributed by atoms with Crippen LogP contribution in [0.4, 0.5) is 5.95 Å². The summed E-state index contributed by atoms with van der Waals surface area (Å²) < 4.78 is 2.22. The van der Waals surface area contributed by atoms with Gasteiger partial charge in [-0.2, -0.15) is 0 Å². The number of rotatable bonds is 2. The van der Waals surface area contributed by atoms with E-state index in [4.69, 9.17) is 18.0 Å². The Morgan fingerprint density at radius 3 is 3.00 bits per heavy atom. The van der Waals surface area contributed by atoms with Gasteiger partial charge in [-0.3, -0.25) is 9.55 Å². The lowest BCUT2D eigenvalue weighted by molar-refractivity contribution is 0.764. The lowest BCUT2D eigenvalue weighted by Gasteiger charge is -2.05. The fourth-order valence-electron chi connectivity index (χ4n) is 1.32. The first-order chi connectivity index (χ1) is 7.18. The summed E-state index contributed by atoms with van der Waals surface area (Å²) in [6.07, 6.45) is 1.75. The van der Waals surface area contributed by atoms with Crippen molar-refractivity contribution in [1.82, 2.24) is 19.7 Å². The molecule has 2 heterocycles. The summed E-state index contributed by atoms with van der Waals surface area (Å²) in [5, 5.41) is 6.48. The molecule has 5 nitrogen and oxygen atoms in total. The molecule has 0 aliphatic rings. The van der Waals surface area contributed by atoms with E-state index in [1.807, 2.05) is 19.1 Å². The Hall–Kier alpha value is -1.69. The molecular weight excluding hydrogens is 210 g/mol. The maximum atomic E-state index is 5.67. The van der Waals surface area contributed by atoms with Crippen LogP contribution in [0.3, 0.4) is 0 Å². The Kier molecular flexibility index (Phi) is 2.51. The van der Waals surface area contributed by atoms with Crippen molar-refractivity contribution in [1.29, 1.82) is 0 Å². The molecular formula is C9H11N5S. The fourth-order valence-corrected chi connectivity index (χ4v) is 1.52. The van der Waals surface area contributed by atoms with Crippen LogP contribution in [-0.2, 0) is 6.54 Å². The molecule has 2 aromatic rings. The molecule has 2 aromatic heterocycles. The topological polar surface area (TPSA) is 72.5 Å². The van der Waals surface area contributed by atoms with Crippen LogP contribution in [0.1, 0.15) is 11.3 Å². The van der Waals surface area contributed by atoms with Crippen molar-refractivity contribution in [3.05, 3.63) is 34.4 Å². The standard InChI is InChI=1S/C9H11N5S/c1-6-3-2-4-11-7(6)5-14-8(10)12-13-9(14)15/h2-4H,5H2,1H3,(H2,10,12)(H,13,15). The summed E-state index contributed by atoms with van der Waals surface area (Å²) in [6, 6.07) is 3.90. The van der Waals surface area contributed by atoms with Crippen molar-refractivity contribution in [2.45, 2.75) is 13.5 Å². The number of nitrogen functional groups attached to an aromatic ring is 1. The largest absolute Gasteiger partial charge is 0.368 e. The summed E-state index contributed by atoms with van der Waals surface area (Å²) in [4.78, 5) is 4.27. The van der Waals surface area contributed by atoms with Crippen molar-refractivity contribution >= 4 is 18.2 Å². The molecule has 0 aliphatic carbocycles. The monoisotopic (exact) mass is 221 g/mol. The molecule has 0 amide bonds. The summed E-state index contributed by atoms with van der Waals surface area (Å²) in [5.74, 6) is 0.380. The van der Waals surface area contributed by atoms with Crippen LogP contribution in [0.5, 0.6) is 0 Å². The molecule has 0 bridgehead atoms. The van der Waals surface area contributed by atoms with Gasteiger partial charge in [0.05, 0.1) is 12.2 Å². The number of hydrogen-bond donors (Lipinski definition) is 2. The highest BCUT2D eigenvalue weighted by molar-refractivity contribution is 7.71. The molecule has 15 heavy (non-hydrogen) atoms. The first kappa shape index (κ1) is 9.85. The zero-order valence-corrected chi connectivity index (χ0v) is 9.08. The summed E-state index contributed by atoms with van der Waals surface area (Å²) in [6.45, 7) is 2.55. The molecule has 0 aromatic carbocycles. The van der Waals surface area contributed by atoms with Gasteiger partial charge in [0.2, 0.25) is 5.95 Å². The first-order valence-corrected chi connectivity index (χ1v) is 4.90. The van der Waals surface area contributed by atoms with Gasteiger partial charge in [-0.25, -0.2) is 5.10 Å². The maximum Gasteiger partial charge on any atom is 0.220 e. The second-order valence-corrected chi connectivity index (χ2v) is 3.63. The molecule has 0 saturated carbocycles. The Bertz CT molecular complexity index is 527. The highest BCUT2D eigenvalue weighted by atomic mass is 32.1. The minimum atomic E-state index is 0.380. The first-order valence-electron chi connectivity index (χ1n) is 4.49. The lowest BCUT2D eigenvalue weighted by atomic mass is 10.2. The highest BCUT2D eigenvalue weighted by Gasteiger charge is 2.05. The minimum absolute atomic E-state index is 0.380. The zero-order chi connectivity index (χ0) is 10.8. The molecule has 0 atom stereocenters. The Balaban J connectivity index is 2.38. The molecule has 3 N–H and O–H groups in total. The number of hydrogen-bond acceptors (Lipinski definition) is 4. The summed E-state index contributed by atoms with van der Waals surface area (Å²) in [5.41, 5.74) is 7.72. The molecule has 0 aliphatic heterocycles. The van der Waals surface area contributed by atoms with Crippen LogP contribution in [0.2, 0.25) is 0 Å². The summed E-state index contributed by atoms with van der Waals surface area (Å²) in [7, 11) is 0. The van der Waals surface area contributed by atoms with E-state index in [-0.39, 0.29) is 0 Å². The van der Waals surface area contributed by atoms with E-state index < -0.39 is 0 Å². The normalized spacial score (nSPS) is 10.5. The number of aromatic nitrogens is 4. The van der Waals surface area contributed by atoms with E-state index in [1.165, 1.54) is 0 Å². The van der Waals surface area contributed by atoms with Crippen LogP contribution in [0.15, 0.2) is 18.3 Å². The van der Waals surface area contributed by atoms with E-state index in [2.05, 4.69) is 15.2 Å². The van der Waals surface area contributed by atoms with Gasteiger partial charge in [-0.05, 0) is 30.8 Å². The molecule has 0 spiro atoms. The second-order valence-electron chi connectivity index (χ2n) is 3.24. The van der Waals surface area contributed by atoms with Crippen molar-refractivity contribution in [2.24, 2.45) is 0 Å². The van der Waals surface area contributed by atoms with Crippen LogP contribution >= 0.6 is 12.2 Å². The SMILES string of the molecule is Cc1cccnc1Cn1c(N)n[nH]c1=S. The number of nitrogens with one attached hydrogen (secondary N) is 1. The quantitative estimate of drug-likeness (QED) is 0.749. The number of aryl methyl sites for hydroxylation is 1. The van der Waals surface area contributed by atoms with E-state index >= 15 is 0 Å². The van der Waals surface area contributed by atoms with Gasteiger partial charge >= 0.3 is 0 Å². The third kappa shape index (κ3) is 1.89. The third-order valence-corrected chi connectivity index (χ3v) is 2.53. The number of anilines is 1. The van der Waals surface area contributed by atoms with Gasteiger partial charge in [0.15, 0.2) is 4.77 Å². The van der Waals surface area contributed by atoms with E-state index in [0.29, 0.717) is 17.3 Å². The minimum Gasteiger partial charge on any atom is -0.368 e. The molecule has 0 fully saturated rings. The van der Waals surface area contributed by atoms with Crippen molar-refractivity contribution in [3.8, 4) is 0 Å². The van der Waals surface area contributed by atoms with Gasteiger partial charge in [-0.15, -0.1) is 5.10 Å². The summed E-state index contributed by atoms with van der Waals surface area (Å²) >= 11 is 5.05. The number of H-pyrrole nitrogens is 1. The predicted octanol–water partition coefficient (Wildman–Crippen LogP) is 1.27. The van der Waals surface area contributed by atoms with E-state index in [0.717, 1.165) is 11.3 Å². The predicted molar refractivity (Wildman–Crippen MR) is 59.9 cm³/mol. The second kappa shape index (κ2) is 3.82.